The number of carbonyl (C=O) groups excluding carboxylic acids is 2. The molecule has 0 saturated heterocycles. The van der Waals surface area contributed by atoms with Crippen LogP contribution in [0.3, 0.4) is 0 Å². The molecule has 4 aliphatic rings. The molecule has 0 radical (unpaired) electrons. The van der Waals surface area contributed by atoms with Gasteiger partial charge in [-0.25, -0.2) is 0 Å². The fourth-order valence-corrected chi connectivity index (χ4v) is 10.2. The molecular weight excluding hydrogens is 498 g/mol. The van der Waals surface area contributed by atoms with Gasteiger partial charge in [0.1, 0.15) is 0 Å². The van der Waals surface area contributed by atoms with Gasteiger partial charge in [-0.2, -0.15) is 0 Å². The lowest BCUT2D eigenvalue weighted by molar-refractivity contribution is -0.143. The molecule has 232 valence electrons. The van der Waals surface area contributed by atoms with Gasteiger partial charge in [0.05, 0.1) is 0 Å². The molecule has 4 rings (SSSR count). The molecule has 0 aromatic carbocycles. The second-order valence-electron chi connectivity index (χ2n) is 14.4. The van der Waals surface area contributed by atoms with Crippen LogP contribution < -0.4 is 16.4 Å². The van der Waals surface area contributed by atoms with Gasteiger partial charge in [0.15, 0.2) is 0 Å². The van der Waals surface area contributed by atoms with E-state index in [0.717, 1.165) is 68.9 Å². The number of carbonyl (C=O) groups is 2. The van der Waals surface area contributed by atoms with Crippen molar-refractivity contribution in [3.63, 3.8) is 0 Å². The van der Waals surface area contributed by atoms with Crippen LogP contribution in [-0.4, -0.2) is 82.0 Å². The molecule has 0 aromatic heterocycles. The van der Waals surface area contributed by atoms with E-state index in [9.17, 15) is 4.79 Å². The summed E-state index contributed by atoms with van der Waals surface area (Å²) in [6.45, 7) is 14.7. The second kappa shape index (κ2) is 14.8. The zero-order valence-electron chi connectivity index (χ0n) is 27.0. The van der Waals surface area contributed by atoms with Crippen molar-refractivity contribution in [1.29, 1.82) is 0 Å². The number of nitrogens with zero attached hydrogens (tertiary/aromatic N) is 2. The number of hydrogen-bond acceptors (Lipinski definition) is 5. The van der Waals surface area contributed by atoms with E-state index in [1.165, 1.54) is 57.8 Å². The molecule has 9 atom stereocenters. The van der Waals surface area contributed by atoms with Crippen LogP contribution in [0, 0.1) is 46.3 Å². The predicted molar refractivity (Wildman–Crippen MR) is 166 cm³/mol. The Morgan fingerprint density at radius 2 is 1.68 bits per heavy atom. The van der Waals surface area contributed by atoms with Crippen LogP contribution in [0.4, 0.5) is 0 Å². The molecule has 0 spiro atoms. The Bertz CT molecular complexity index is 808. The Labute approximate surface area is 246 Å². The highest BCUT2D eigenvalue weighted by atomic mass is 16.2. The SMILES string of the molecule is CCN(CCCN(C)C)C(=O)C(C)C1CCC2C3CCC4CC(NCCNC)CCC4(C)C3CCC12C.NC=O. The van der Waals surface area contributed by atoms with Crippen LogP contribution in [0.25, 0.3) is 0 Å². The van der Waals surface area contributed by atoms with E-state index in [4.69, 9.17) is 4.79 Å². The van der Waals surface area contributed by atoms with Gasteiger partial charge >= 0.3 is 0 Å². The molecule has 9 unspecified atom stereocenters. The molecule has 0 aliphatic heterocycles. The number of rotatable bonds is 11. The lowest BCUT2D eigenvalue weighted by atomic mass is 9.44. The smallest absolute Gasteiger partial charge is 0.225 e. The number of nitrogens with two attached hydrogens (primary N) is 1. The van der Waals surface area contributed by atoms with Gasteiger partial charge in [0.25, 0.3) is 0 Å². The minimum absolute atomic E-state index is 0.164. The quantitative estimate of drug-likeness (QED) is 0.258. The average molecular weight is 562 g/mol. The van der Waals surface area contributed by atoms with Crippen molar-refractivity contribution in [1.82, 2.24) is 20.4 Å². The van der Waals surface area contributed by atoms with E-state index in [2.05, 4.69) is 68.0 Å². The van der Waals surface area contributed by atoms with Gasteiger partial charge in [0, 0.05) is 38.1 Å². The van der Waals surface area contributed by atoms with Crippen molar-refractivity contribution >= 4 is 12.3 Å². The van der Waals surface area contributed by atoms with E-state index in [1.807, 2.05) is 7.05 Å². The van der Waals surface area contributed by atoms with Crippen LogP contribution in [-0.2, 0) is 9.59 Å². The predicted octanol–water partition coefficient (Wildman–Crippen LogP) is 4.36. The molecule has 4 saturated carbocycles. The maximum atomic E-state index is 13.7. The van der Waals surface area contributed by atoms with E-state index >= 15 is 0 Å². The standard InChI is InChI=1S/C32H60N4O.CH3NO/c1-8-36(21-9-20-35(6)7)30(37)23(2)27-12-13-28-26-11-10-24-22-25(34-19-18-33-5)14-16-31(24,3)29(26)15-17-32(27,28)4;2-1-3/h23-29,33-34H,8-22H2,1-7H3;1H,(H2,2,3). The molecule has 7 heteroatoms. The van der Waals surface area contributed by atoms with Crippen LogP contribution in [0.2, 0.25) is 0 Å². The van der Waals surface area contributed by atoms with Crippen molar-refractivity contribution in [3.8, 4) is 0 Å². The monoisotopic (exact) mass is 561 g/mol. The highest BCUT2D eigenvalue weighted by Gasteiger charge is 2.61. The van der Waals surface area contributed by atoms with Crippen LogP contribution in [0.15, 0.2) is 0 Å². The second-order valence-corrected chi connectivity index (χ2v) is 14.4. The molecule has 4 aliphatic carbocycles. The fraction of sp³-hybridized carbons (Fsp3) is 0.939. The van der Waals surface area contributed by atoms with Gasteiger partial charge in [0.2, 0.25) is 12.3 Å². The molecule has 0 bridgehead atoms. The molecular formula is C33H63N5O2. The van der Waals surface area contributed by atoms with E-state index in [0.29, 0.717) is 22.7 Å². The maximum absolute atomic E-state index is 13.7. The molecule has 4 fully saturated rings. The average Bonchev–Trinajstić information content (AvgIpc) is 3.28. The lowest BCUT2D eigenvalue weighted by Crippen LogP contribution is -2.55. The summed E-state index contributed by atoms with van der Waals surface area (Å²) in [4.78, 5) is 26.7. The summed E-state index contributed by atoms with van der Waals surface area (Å²) in [6, 6.07) is 0.721. The molecule has 40 heavy (non-hydrogen) atoms. The summed E-state index contributed by atoms with van der Waals surface area (Å²) in [6.07, 6.45) is 13.7. The molecule has 7 nitrogen and oxygen atoms in total. The zero-order valence-corrected chi connectivity index (χ0v) is 27.0. The van der Waals surface area contributed by atoms with E-state index in [1.54, 1.807) is 0 Å². The fourth-order valence-electron chi connectivity index (χ4n) is 10.2. The highest BCUT2D eigenvalue weighted by molar-refractivity contribution is 5.79. The van der Waals surface area contributed by atoms with Crippen LogP contribution in [0.5, 0.6) is 0 Å². The Kier molecular flexibility index (Phi) is 12.3. The van der Waals surface area contributed by atoms with Crippen molar-refractivity contribution < 1.29 is 9.59 Å². The topological polar surface area (TPSA) is 90.7 Å². The summed E-state index contributed by atoms with van der Waals surface area (Å²) >= 11 is 0. The Morgan fingerprint density at radius 1 is 1.00 bits per heavy atom. The van der Waals surface area contributed by atoms with Crippen molar-refractivity contribution in [3.05, 3.63) is 0 Å². The summed E-state index contributed by atoms with van der Waals surface area (Å²) in [5.41, 5.74) is 5.06. The summed E-state index contributed by atoms with van der Waals surface area (Å²) in [7, 11) is 6.30. The molecule has 0 heterocycles. The Morgan fingerprint density at radius 3 is 2.33 bits per heavy atom. The van der Waals surface area contributed by atoms with Crippen molar-refractivity contribution in [2.45, 2.75) is 97.9 Å². The number of amides is 2. The minimum Gasteiger partial charge on any atom is -0.372 e. The van der Waals surface area contributed by atoms with Gasteiger partial charge in [-0.15, -0.1) is 0 Å². The molecule has 2 amide bonds. The number of likely N-dealkylation sites (N-methyl/N-ethyl adjacent to an activating group) is 1. The third kappa shape index (κ3) is 7.06. The van der Waals surface area contributed by atoms with Crippen molar-refractivity contribution in [2.24, 2.45) is 52.1 Å². The normalized spacial score (nSPS) is 37.4. The number of fused-ring (bicyclic) bond motifs is 5. The Hall–Kier alpha value is -1.18. The summed E-state index contributed by atoms with van der Waals surface area (Å²) in [5.74, 6) is 4.68. The molecule has 0 aromatic rings. The van der Waals surface area contributed by atoms with E-state index in [-0.39, 0.29) is 12.3 Å². The molecule has 4 N–H and O–H groups in total. The van der Waals surface area contributed by atoms with E-state index < -0.39 is 0 Å². The first-order valence-corrected chi connectivity index (χ1v) is 16.5. The zero-order chi connectivity index (χ0) is 29.5. The first-order valence-electron chi connectivity index (χ1n) is 16.5. The van der Waals surface area contributed by atoms with Crippen LogP contribution >= 0.6 is 0 Å². The third-order valence-corrected chi connectivity index (χ3v) is 12.3. The van der Waals surface area contributed by atoms with Crippen molar-refractivity contribution in [2.75, 3.05) is 53.9 Å². The number of hydrogen-bond donors (Lipinski definition) is 3. The first kappa shape index (κ1) is 33.3. The first-order chi connectivity index (χ1) is 19.1. The van der Waals surface area contributed by atoms with Crippen LogP contribution in [0.1, 0.15) is 91.9 Å². The van der Waals surface area contributed by atoms with Gasteiger partial charge in [-0.05, 0) is 139 Å². The summed E-state index contributed by atoms with van der Waals surface area (Å²) < 4.78 is 0. The van der Waals surface area contributed by atoms with Gasteiger partial charge in [-0.3, -0.25) is 9.59 Å². The minimum atomic E-state index is 0.164. The van der Waals surface area contributed by atoms with Gasteiger partial charge < -0.3 is 26.2 Å². The number of nitrogens with one attached hydrogen (secondary N) is 2. The largest absolute Gasteiger partial charge is 0.372 e. The highest BCUT2D eigenvalue weighted by Crippen LogP contribution is 2.68. The Balaban J connectivity index is 0.00000141. The van der Waals surface area contributed by atoms with Gasteiger partial charge in [-0.1, -0.05) is 20.8 Å². The third-order valence-electron chi connectivity index (χ3n) is 12.3. The summed E-state index contributed by atoms with van der Waals surface area (Å²) in [5, 5.41) is 7.13. The lowest BCUT2D eigenvalue weighted by Gasteiger charge is -2.61. The number of primary amides is 1. The maximum Gasteiger partial charge on any atom is 0.225 e.